The molecule has 1 rings (SSSR count). The lowest BCUT2D eigenvalue weighted by Crippen LogP contribution is -2.15. The molecule has 0 aliphatic heterocycles. The van der Waals surface area contributed by atoms with Crippen molar-refractivity contribution in [1.82, 2.24) is 0 Å². The number of anilines is 1. The van der Waals surface area contributed by atoms with Gasteiger partial charge in [-0.1, -0.05) is 25.7 Å². The fourth-order valence-corrected chi connectivity index (χ4v) is 1.86. The molecule has 0 fully saturated rings. The zero-order chi connectivity index (χ0) is 15.5. The van der Waals surface area contributed by atoms with Gasteiger partial charge >= 0.3 is 0 Å². The van der Waals surface area contributed by atoms with Crippen LogP contribution in [0.2, 0.25) is 0 Å². The molecule has 1 aromatic carbocycles. The first-order chi connectivity index (χ1) is 10.2. The Morgan fingerprint density at radius 3 is 2.81 bits per heavy atom. The van der Waals surface area contributed by atoms with E-state index in [0.29, 0.717) is 26.2 Å². The Morgan fingerprint density at radius 1 is 1.33 bits per heavy atom. The van der Waals surface area contributed by atoms with Gasteiger partial charge in [-0.05, 0) is 36.6 Å². The summed E-state index contributed by atoms with van der Waals surface area (Å²) in [7, 11) is 0. The van der Waals surface area contributed by atoms with Crippen LogP contribution in [0.25, 0.3) is 0 Å². The Hall–Kier alpha value is -1.83. The van der Waals surface area contributed by atoms with Crippen molar-refractivity contribution in [2.45, 2.75) is 33.1 Å². The van der Waals surface area contributed by atoms with E-state index >= 15 is 0 Å². The van der Waals surface area contributed by atoms with E-state index in [0.717, 1.165) is 29.7 Å². The maximum absolute atomic E-state index is 11.9. The molecule has 0 aliphatic rings. The maximum Gasteiger partial charge on any atom is 0.226 e. The van der Waals surface area contributed by atoms with Gasteiger partial charge in [-0.2, -0.15) is 0 Å². The third kappa shape index (κ3) is 6.44. The average molecular weight is 288 g/mol. The number of carbonyl (C=O) groups is 1. The summed E-state index contributed by atoms with van der Waals surface area (Å²) in [4.78, 5) is 11.9. The lowest BCUT2D eigenvalue weighted by molar-refractivity contribution is -0.117. The highest BCUT2D eigenvalue weighted by Gasteiger charge is 2.06. The number of nitrogens with one attached hydrogen (secondary N) is 1. The van der Waals surface area contributed by atoms with Crippen LogP contribution in [0.3, 0.4) is 0 Å². The van der Waals surface area contributed by atoms with Crippen LogP contribution in [0.4, 0.5) is 5.69 Å². The van der Waals surface area contributed by atoms with E-state index < -0.39 is 0 Å². The van der Waals surface area contributed by atoms with Crippen molar-refractivity contribution in [3.63, 3.8) is 0 Å². The van der Waals surface area contributed by atoms with E-state index in [1.54, 1.807) is 0 Å². The number of amides is 1. The Balaban J connectivity index is 2.63. The number of ether oxygens (including phenoxy) is 1. The van der Waals surface area contributed by atoms with E-state index in [2.05, 4.69) is 24.1 Å². The Morgan fingerprint density at radius 2 is 2.14 bits per heavy atom. The predicted molar refractivity (Wildman–Crippen MR) is 86.1 cm³/mol. The molecule has 1 aromatic rings. The molecular weight excluding hydrogens is 264 g/mol. The summed E-state index contributed by atoms with van der Waals surface area (Å²) in [6, 6.07) is 5.78. The number of nitrogens with two attached hydrogens (primary N) is 1. The van der Waals surface area contributed by atoms with Crippen LogP contribution in [-0.2, 0) is 16.0 Å². The summed E-state index contributed by atoms with van der Waals surface area (Å²) in [5, 5.41) is 2.93. The van der Waals surface area contributed by atoms with Crippen LogP contribution in [0.1, 0.15) is 37.8 Å². The van der Waals surface area contributed by atoms with Crippen LogP contribution in [0.15, 0.2) is 18.2 Å². The first-order valence-electron chi connectivity index (χ1n) is 7.40. The van der Waals surface area contributed by atoms with E-state index in [4.69, 9.17) is 10.5 Å². The van der Waals surface area contributed by atoms with Gasteiger partial charge in [0.15, 0.2) is 0 Å². The molecule has 0 spiro atoms. The molecule has 114 valence electrons. The lowest BCUT2D eigenvalue weighted by atomic mass is 10.1. The van der Waals surface area contributed by atoms with Crippen molar-refractivity contribution in [1.29, 1.82) is 0 Å². The molecule has 1 amide bonds. The highest BCUT2D eigenvalue weighted by Crippen LogP contribution is 2.18. The van der Waals surface area contributed by atoms with Crippen LogP contribution in [0.5, 0.6) is 0 Å². The van der Waals surface area contributed by atoms with Gasteiger partial charge in [0.25, 0.3) is 0 Å². The van der Waals surface area contributed by atoms with Gasteiger partial charge in [0, 0.05) is 17.9 Å². The molecule has 0 unspecified atom stereocenters. The van der Waals surface area contributed by atoms with Crippen LogP contribution in [0, 0.1) is 11.8 Å². The molecule has 0 saturated carbocycles. The molecule has 4 nitrogen and oxygen atoms in total. The summed E-state index contributed by atoms with van der Waals surface area (Å²) in [5.74, 6) is 5.80. The van der Waals surface area contributed by atoms with Gasteiger partial charge in [0.2, 0.25) is 5.91 Å². The number of carbonyl (C=O) groups excluding carboxylic acids is 1. The minimum absolute atomic E-state index is 0.0263. The second kappa shape index (κ2) is 9.98. The fourth-order valence-electron chi connectivity index (χ4n) is 1.86. The van der Waals surface area contributed by atoms with Gasteiger partial charge in [-0.15, -0.1) is 0 Å². The third-order valence-corrected chi connectivity index (χ3v) is 2.92. The molecular formula is C17H24N2O2. The fraction of sp³-hybridized carbons (Fsp3) is 0.471. The Labute approximate surface area is 127 Å². The molecule has 3 N–H and O–H groups in total. The zero-order valence-electron chi connectivity index (χ0n) is 12.9. The second-order valence-electron chi connectivity index (χ2n) is 4.64. The first-order valence-corrected chi connectivity index (χ1v) is 7.40. The summed E-state index contributed by atoms with van der Waals surface area (Å²) in [5.41, 5.74) is 8.20. The summed E-state index contributed by atoms with van der Waals surface area (Å²) >= 11 is 0. The molecule has 0 radical (unpaired) electrons. The molecule has 0 atom stereocenters. The number of hydrogen-bond donors (Lipinski definition) is 2. The summed E-state index contributed by atoms with van der Waals surface area (Å²) < 4.78 is 5.32. The lowest BCUT2D eigenvalue weighted by Gasteiger charge is -2.10. The van der Waals surface area contributed by atoms with Crippen molar-refractivity contribution >= 4 is 11.6 Å². The van der Waals surface area contributed by atoms with E-state index in [1.165, 1.54) is 0 Å². The quantitative estimate of drug-likeness (QED) is 0.598. The molecule has 0 heterocycles. The smallest absolute Gasteiger partial charge is 0.226 e. The SMILES string of the molecule is CCCOCCC(=O)Nc1ccc(C#CCN)cc1CC. The number of benzene rings is 1. The summed E-state index contributed by atoms with van der Waals surface area (Å²) in [6.45, 7) is 5.60. The normalized spacial score (nSPS) is 9.86. The largest absolute Gasteiger partial charge is 0.381 e. The minimum atomic E-state index is -0.0263. The highest BCUT2D eigenvalue weighted by molar-refractivity contribution is 5.91. The maximum atomic E-state index is 11.9. The van der Waals surface area contributed by atoms with Gasteiger partial charge in [0.05, 0.1) is 19.6 Å². The molecule has 0 saturated heterocycles. The van der Waals surface area contributed by atoms with Crippen LogP contribution >= 0.6 is 0 Å². The summed E-state index contributed by atoms with van der Waals surface area (Å²) in [6.07, 6.45) is 2.17. The molecule has 0 bridgehead atoms. The third-order valence-electron chi connectivity index (χ3n) is 2.92. The van der Waals surface area contributed by atoms with Crippen molar-refractivity contribution in [3.8, 4) is 11.8 Å². The second-order valence-corrected chi connectivity index (χ2v) is 4.64. The van der Waals surface area contributed by atoms with Crippen LogP contribution < -0.4 is 11.1 Å². The van der Waals surface area contributed by atoms with Crippen molar-refractivity contribution in [2.75, 3.05) is 25.1 Å². The van der Waals surface area contributed by atoms with Gasteiger partial charge in [-0.3, -0.25) is 4.79 Å². The molecule has 4 heteroatoms. The topological polar surface area (TPSA) is 64.3 Å². The standard InChI is InChI=1S/C17H24N2O2/c1-3-11-21-12-9-17(20)19-16-8-7-14(6-5-10-18)13-15(16)4-2/h7-8,13H,3-4,9-12,18H2,1-2H3,(H,19,20). The Kier molecular flexibility index (Phi) is 8.18. The first kappa shape index (κ1) is 17.2. The van der Waals surface area contributed by atoms with E-state index in [-0.39, 0.29) is 5.91 Å². The molecule has 21 heavy (non-hydrogen) atoms. The van der Waals surface area contributed by atoms with Gasteiger partial charge < -0.3 is 15.8 Å². The van der Waals surface area contributed by atoms with E-state index in [1.807, 2.05) is 25.1 Å². The van der Waals surface area contributed by atoms with E-state index in [9.17, 15) is 4.79 Å². The van der Waals surface area contributed by atoms with Gasteiger partial charge in [-0.25, -0.2) is 0 Å². The van der Waals surface area contributed by atoms with Gasteiger partial charge in [0.1, 0.15) is 0 Å². The number of hydrogen-bond acceptors (Lipinski definition) is 3. The predicted octanol–water partition coefficient (Wildman–Crippen LogP) is 2.31. The number of rotatable bonds is 7. The van der Waals surface area contributed by atoms with Crippen molar-refractivity contribution < 1.29 is 9.53 Å². The molecule has 0 aliphatic carbocycles. The van der Waals surface area contributed by atoms with Crippen molar-refractivity contribution in [2.24, 2.45) is 5.73 Å². The highest BCUT2D eigenvalue weighted by atomic mass is 16.5. The average Bonchev–Trinajstić information content (AvgIpc) is 2.50. The zero-order valence-corrected chi connectivity index (χ0v) is 12.9. The minimum Gasteiger partial charge on any atom is -0.381 e. The van der Waals surface area contributed by atoms with Crippen molar-refractivity contribution in [3.05, 3.63) is 29.3 Å². The van der Waals surface area contributed by atoms with Crippen LogP contribution in [-0.4, -0.2) is 25.7 Å². The Bertz CT molecular complexity index is 515. The monoisotopic (exact) mass is 288 g/mol. The molecule has 0 aromatic heterocycles. The number of aryl methyl sites for hydroxylation is 1.